The molecule has 1 aromatic carbocycles. The van der Waals surface area contributed by atoms with Gasteiger partial charge in [0, 0.05) is 5.56 Å². The smallest absolute Gasteiger partial charge is 0.379 e. The molecule has 6 nitrogen and oxygen atoms in total. The molecule has 1 rings (SSSR count). The fourth-order valence-electron chi connectivity index (χ4n) is 1.79. The highest BCUT2D eigenvalue weighted by molar-refractivity contribution is 6.40. The second-order valence-corrected chi connectivity index (χ2v) is 4.51. The molecule has 0 heterocycles. The Labute approximate surface area is 129 Å². The molecule has 0 fully saturated rings. The molecule has 0 saturated carbocycles. The van der Waals surface area contributed by atoms with Gasteiger partial charge >= 0.3 is 5.97 Å². The lowest BCUT2D eigenvalue weighted by molar-refractivity contribution is -0.138. The van der Waals surface area contributed by atoms with Gasteiger partial charge in [-0.15, -0.1) is 0 Å². The zero-order valence-corrected chi connectivity index (χ0v) is 12.3. The molecule has 0 bridgehead atoms. The van der Waals surface area contributed by atoms with E-state index in [1.807, 2.05) is 0 Å². The van der Waals surface area contributed by atoms with E-state index >= 15 is 0 Å². The number of carbonyl (C=O) groups excluding carboxylic acids is 2. The van der Waals surface area contributed by atoms with Crippen molar-refractivity contribution in [2.24, 2.45) is 0 Å². The zero-order valence-electron chi connectivity index (χ0n) is 12.3. The van der Waals surface area contributed by atoms with Crippen molar-refractivity contribution in [3.63, 3.8) is 0 Å². The van der Waals surface area contributed by atoms with Crippen molar-refractivity contribution in [1.82, 2.24) is 0 Å². The second-order valence-electron chi connectivity index (χ2n) is 4.51. The summed E-state index contributed by atoms with van der Waals surface area (Å²) in [5, 5.41) is 18.3. The first-order chi connectivity index (χ1) is 10.6. The number of aliphatic hydroxyl groups excluding tert-OH is 2. The van der Waals surface area contributed by atoms with Gasteiger partial charge in [0.25, 0.3) is 5.78 Å². The highest BCUT2D eigenvalue weighted by atomic mass is 16.5. The Morgan fingerprint density at radius 2 is 1.77 bits per heavy atom. The minimum absolute atomic E-state index is 0.126. The molecule has 0 saturated heterocycles. The molecule has 22 heavy (non-hydrogen) atoms. The van der Waals surface area contributed by atoms with Gasteiger partial charge in [-0.25, -0.2) is 4.79 Å². The molecule has 1 aromatic rings. The molecule has 0 atom stereocenters. The summed E-state index contributed by atoms with van der Waals surface area (Å²) in [5.41, 5.74) is 1.04. The average Bonchev–Trinajstić information content (AvgIpc) is 2.56. The predicted molar refractivity (Wildman–Crippen MR) is 79.0 cm³/mol. The Bertz CT molecular complexity index is 523. The zero-order chi connectivity index (χ0) is 16.4. The maximum atomic E-state index is 11.9. The van der Waals surface area contributed by atoms with Gasteiger partial charge in [-0.2, -0.15) is 0 Å². The molecule has 120 valence electrons. The fraction of sp³-hybridized carbons (Fsp3) is 0.375. The van der Waals surface area contributed by atoms with Crippen LogP contribution in [0.25, 0.3) is 0 Å². The monoisotopic (exact) mass is 308 g/mol. The van der Waals surface area contributed by atoms with E-state index in [0.29, 0.717) is 30.6 Å². The highest BCUT2D eigenvalue weighted by Crippen LogP contribution is 2.13. The maximum Gasteiger partial charge on any atom is 0.379 e. The standard InChI is InChI=1S/C16H20O6/c1-2-21-7-3-4-8-22-16(20)15(19)12-5-6-13(10-17)14(9-12)11-18/h2,5-6,9,17-18H,1,3-4,7-8,10-11H2. The van der Waals surface area contributed by atoms with Gasteiger partial charge in [0.1, 0.15) is 0 Å². The summed E-state index contributed by atoms with van der Waals surface area (Å²) in [6.07, 6.45) is 2.61. The van der Waals surface area contributed by atoms with Crippen LogP contribution >= 0.6 is 0 Å². The van der Waals surface area contributed by atoms with Crippen molar-refractivity contribution in [2.75, 3.05) is 13.2 Å². The van der Waals surface area contributed by atoms with Crippen LogP contribution in [0.15, 0.2) is 31.0 Å². The van der Waals surface area contributed by atoms with Crippen molar-refractivity contribution in [3.05, 3.63) is 47.7 Å². The average molecular weight is 308 g/mol. The van der Waals surface area contributed by atoms with E-state index in [4.69, 9.17) is 14.6 Å². The van der Waals surface area contributed by atoms with Crippen LogP contribution in [0.5, 0.6) is 0 Å². The van der Waals surface area contributed by atoms with E-state index in [1.54, 1.807) is 0 Å². The number of esters is 1. The summed E-state index contributed by atoms with van der Waals surface area (Å²) in [4.78, 5) is 23.6. The van der Waals surface area contributed by atoms with E-state index in [-0.39, 0.29) is 25.4 Å². The summed E-state index contributed by atoms with van der Waals surface area (Å²) in [7, 11) is 0. The Balaban J connectivity index is 2.52. The van der Waals surface area contributed by atoms with Crippen LogP contribution in [-0.4, -0.2) is 35.2 Å². The van der Waals surface area contributed by atoms with Crippen LogP contribution in [0.2, 0.25) is 0 Å². The van der Waals surface area contributed by atoms with Gasteiger partial charge in [-0.3, -0.25) is 4.79 Å². The molecule has 0 aliphatic rings. The lowest BCUT2D eigenvalue weighted by Crippen LogP contribution is -2.18. The van der Waals surface area contributed by atoms with Crippen molar-refractivity contribution < 1.29 is 29.3 Å². The van der Waals surface area contributed by atoms with Crippen molar-refractivity contribution >= 4 is 11.8 Å². The number of carbonyl (C=O) groups is 2. The number of unbranched alkanes of at least 4 members (excludes halogenated alkanes) is 1. The third kappa shape index (κ3) is 5.31. The lowest BCUT2D eigenvalue weighted by Gasteiger charge is -2.08. The first-order valence-electron chi connectivity index (χ1n) is 6.91. The maximum absolute atomic E-state index is 11.9. The van der Waals surface area contributed by atoms with Crippen molar-refractivity contribution in [3.8, 4) is 0 Å². The molecular formula is C16H20O6. The predicted octanol–water partition coefficient (Wildman–Crippen LogP) is 1.34. The van der Waals surface area contributed by atoms with Gasteiger partial charge in [0.05, 0.1) is 32.7 Å². The number of Topliss-reactive ketones (excluding diaryl/α,β-unsaturated/α-hetero) is 1. The van der Waals surface area contributed by atoms with Gasteiger partial charge in [-0.05, 0) is 30.0 Å². The van der Waals surface area contributed by atoms with Crippen LogP contribution in [0.3, 0.4) is 0 Å². The second kappa shape index (κ2) is 9.70. The molecule has 0 aromatic heterocycles. The summed E-state index contributed by atoms with van der Waals surface area (Å²) in [5.74, 6) is -1.72. The normalized spacial score (nSPS) is 10.1. The number of ether oxygens (including phenoxy) is 2. The molecule has 0 aliphatic heterocycles. The fourth-order valence-corrected chi connectivity index (χ4v) is 1.79. The number of hydrogen-bond donors (Lipinski definition) is 2. The lowest BCUT2D eigenvalue weighted by atomic mass is 10.0. The van der Waals surface area contributed by atoms with Gasteiger partial charge in [0.15, 0.2) is 0 Å². The van der Waals surface area contributed by atoms with Crippen molar-refractivity contribution in [1.29, 1.82) is 0 Å². The SMILES string of the molecule is C=COCCCCOC(=O)C(=O)c1ccc(CO)c(CO)c1. The molecule has 0 radical (unpaired) electrons. The van der Waals surface area contributed by atoms with Crippen LogP contribution in [0.4, 0.5) is 0 Å². The van der Waals surface area contributed by atoms with E-state index in [0.717, 1.165) is 0 Å². The van der Waals surface area contributed by atoms with E-state index < -0.39 is 11.8 Å². The quantitative estimate of drug-likeness (QED) is 0.223. The first kappa shape index (κ1) is 17.9. The van der Waals surface area contributed by atoms with Gasteiger partial charge in [0.2, 0.25) is 0 Å². The van der Waals surface area contributed by atoms with Crippen LogP contribution < -0.4 is 0 Å². The minimum Gasteiger partial charge on any atom is -0.502 e. The van der Waals surface area contributed by atoms with Gasteiger partial charge in [-0.1, -0.05) is 18.7 Å². The van der Waals surface area contributed by atoms with E-state index in [9.17, 15) is 14.7 Å². The summed E-state index contributed by atoms with van der Waals surface area (Å²) in [6, 6.07) is 4.30. The number of benzene rings is 1. The summed E-state index contributed by atoms with van der Waals surface area (Å²) < 4.78 is 9.80. The highest BCUT2D eigenvalue weighted by Gasteiger charge is 2.18. The van der Waals surface area contributed by atoms with Crippen molar-refractivity contribution in [2.45, 2.75) is 26.1 Å². The molecule has 0 amide bonds. The molecular weight excluding hydrogens is 288 g/mol. The van der Waals surface area contributed by atoms with Crippen LogP contribution in [0.1, 0.15) is 34.3 Å². The van der Waals surface area contributed by atoms with Crippen LogP contribution in [0, 0.1) is 0 Å². The van der Waals surface area contributed by atoms with E-state index in [2.05, 4.69) is 6.58 Å². The Morgan fingerprint density at radius 1 is 1.09 bits per heavy atom. The van der Waals surface area contributed by atoms with E-state index in [1.165, 1.54) is 24.5 Å². The largest absolute Gasteiger partial charge is 0.502 e. The Kier molecular flexibility index (Phi) is 7.88. The number of aliphatic hydroxyl groups is 2. The number of ketones is 1. The topological polar surface area (TPSA) is 93.1 Å². The summed E-state index contributed by atoms with van der Waals surface area (Å²) >= 11 is 0. The third-order valence-corrected chi connectivity index (χ3v) is 3.00. The van der Waals surface area contributed by atoms with Crippen LogP contribution in [-0.2, 0) is 27.5 Å². The molecule has 0 spiro atoms. The minimum atomic E-state index is -0.940. The molecule has 2 N–H and O–H groups in total. The van der Waals surface area contributed by atoms with Gasteiger partial charge < -0.3 is 19.7 Å². The Morgan fingerprint density at radius 3 is 2.41 bits per heavy atom. The molecule has 6 heteroatoms. The Hall–Kier alpha value is -2.18. The first-order valence-corrected chi connectivity index (χ1v) is 6.91. The molecule has 0 aliphatic carbocycles. The number of hydrogen-bond acceptors (Lipinski definition) is 6. The third-order valence-electron chi connectivity index (χ3n) is 3.00. The summed E-state index contributed by atoms with van der Waals surface area (Å²) in [6.45, 7) is 3.45. The molecule has 0 unspecified atom stereocenters. The number of rotatable bonds is 10.